The number of fused-ring (bicyclic) bond motifs is 1. The minimum absolute atomic E-state index is 0.611. The molecule has 2 aromatic carbocycles. The van der Waals surface area contributed by atoms with Gasteiger partial charge in [-0.25, -0.2) is 0 Å². The standard InChI is InChI=1S/C17H23NO/c1-3-16(18-2)9-6-12-19-17-11-10-14-7-4-5-8-15(14)13-17/h4-5,7-8,10-11,13,16,18H,3,6,9,12H2,1-2H3. The van der Waals surface area contributed by atoms with Crippen LogP contribution in [0.15, 0.2) is 42.5 Å². The van der Waals surface area contributed by atoms with Crippen molar-refractivity contribution >= 4 is 10.8 Å². The number of hydrogen-bond acceptors (Lipinski definition) is 2. The first-order valence-corrected chi connectivity index (χ1v) is 7.12. The van der Waals surface area contributed by atoms with Crippen LogP contribution in [-0.2, 0) is 0 Å². The molecule has 1 atom stereocenters. The summed E-state index contributed by atoms with van der Waals surface area (Å²) in [6.45, 7) is 3.00. The maximum Gasteiger partial charge on any atom is 0.119 e. The fraction of sp³-hybridized carbons (Fsp3) is 0.412. The van der Waals surface area contributed by atoms with Crippen LogP contribution in [0.25, 0.3) is 10.8 Å². The first-order valence-electron chi connectivity index (χ1n) is 7.12. The number of rotatable bonds is 7. The van der Waals surface area contributed by atoms with Crippen molar-refractivity contribution in [3.8, 4) is 5.75 Å². The van der Waals surface area contributed by atoms with Crippen LogP contribution >= 0.6 is 0 Å². The summed E-state index contributed by atoms with van der Waals surface area (Å²) in [5, 5.41) is 5.82. The first-order chi connectivity index (χ1) is 9.33. The minimum Gasteiger partial charge on any atom is -0.494 e. The van der Waals surface area contributed by atoms with Gasteiger partial charge in [-0.15, -0.1) is 0 Å². The van der Waals surface area contributed by atoms with E-state index in [1.54, 1.807) is 0 Å². The second kappa shape index (κ2) is 7.15. The molecule has 2 heteroatoms. The summed E-state index contributed by atoms with van der Waals surface area (Å²) in [7, 11) is 2.03. The Labute approximate surface area is 115 Å². The summed E-state index contributed by atoms with van der Waals surface area (Å²) in [5.74, 6) is 0.969. The Morgan fingerprint density at radius 2 is 1.89 bits per heavy atom. The molecule has 0 amide bonds. The lowest BCUT2D eigenvalue weighted by Gasteiger charge is -2.13. The number of hydrogen-bond donors (Lipinski definition) is 1. The Morgan fingerprint density at radius 3 is 2.63 bits per heavy atom. The molecule has 0 heterocycles. The zero-order valence-electron chi connectivity index (χ0n) is 11.9. The highest BCUT2D eigenvalue weighted by atomic mass is 16.5. The zero-order chi connectivity index (χ0) is 13.5. The Bertz CT molecular complexity index is 505. The average molecular weight is 257 g/mol. The summed E-state index contributed by atoms with van der Waals surface area (Å²) in [6.07, 6.45) is 3.43. The highest BCUT2D eigenvalue weighted by molar-refractivity contribution is 5.83. The molecule has 0 aliphatic carbocycles. The molecule has 1 N–H and O–H groups in total. The molecule has 0 spiro atoms. The van der Waals surface area contributed by atoms with Gasteiger partial charge in [0.15, 0.2) is 0 Å². The monoisotopic (exact) mass is 257 g/mol. The number of ether oxygens (including phenoxy) is 1. The predicted molar refractivity (Wildman–Crippen MR) is 81.8 cm³/mol. The van der Waals surface area contributed by atoms with Gasteiger partial charge in [-0.2, -0.15) is 0 Å². The molecule has 2 rings (SSSR count). The van der Waals surface area contributed by atoms with Crippen LogP contribution in [0.4, 0.5) is 0 Å². The molecule has 0 saturated carbocycles. The number of nitrogens with one attached hydrogen (secondary N) is 1. The lowest BCUT2D eigenvalue weighted by atomic mass is 10.1. The number of benzene rings is 2. The summed E-state index contributed by atoms with van der Waals surface area (Å²) < 4.78 is 5.83. The molecule has 0 aliphatic rings. The van der Waals surface area contributed by atoms with Crippen molar-refractivity contribution in [2.45, 2.75) is 32.2 Å². The third kappa shape index (κ3) is 3.97. The third-order valence-corrected chi connectivity index (χ3v) is 3.59. The second-order valence-corrected chi connectivity index (χ2v) is 4.89. The van der Waals surface area contributed by atoms with Crippen LogP contribution in [-0.4, -0.2) is 19.7 Å². The van der Waals surface area contributed by atoms with Crippen molar-refractivity contribution in [2.24, 2.45) is 0 Å². The topological polar surface area (TPSA) is 21.3 Å². The SMILES string of the molecule is CCC(CCCOc1ccc2ccccc2c1)NC. The van der Waals surface area contributed by atoms with Crippen LogP contribution in [0.1, 0.15) is 26.2 Å². The van der Waals surface area contributed by atoms with E-state index in [1.165, 1.54) is 23.6 Å². The molecule has 19 heavy (non-hydrogen) atoms. The van der Waals surface area contributed by atoms with Crippen molar-refractivity contribution < 1.29 is 4.74 Å². The van der Waals surface area contributed by atoms with Crippen molar-refractivity contribution in [1.29, 1.82) is 0 Å². The Balaban J connectivity index is 1.84. The molecule has 1 unspecified atom stereocenters. The molecule has 102 valence electrons. The molecule has 0 aliphatic heterocycles. The Morgan fingerprint density at radius 1 is 1.11 bits per heavy atom. The average Bonchev–Trinajstić information content (AvgIpc) is 2.47. The van der Waals surface area contributed by atoms with E-state index >= 15 is 0 Å². The van der Waals surface area contributed by atoms with E-state index in [4.69, 9.17) is 4.74 Å². The van der Waals surface area contributed by atoms with Crippen LogP contribution in [0.2, 0.25) is 0 Å². The van der Waals surface area contributed by atoms with E-state index in [0.29, 0.717) is 6.04 Å². The smallest absolute Gasteiger partial charge is 0.119 e. The molecular weight excluding hydrogens is 234 g/mol. The molecule has 2 aromatic rings. The molecule has 0 saturated heterocycles. The highest BCUT2D eigenvalue weighted by Crippen LogP contribution is 2.20. The summed E-state index contributed by atoms with van der Waals surface area (Å²) in [4.78, 5) is 0. The van der Waals surface area contributed by atoms with Gasteiger partial charge >= 0.3 is 0 Å². The molecule has 0 bridgehead atoms. The summed E-state index contributed by atoms with van der Waals surface area (Å²) in [5.41, 5.74) is 0. The van der Waals surface area contributed by atoms with E-state index < -0.39 is 0 Å². The van der Waals surface area contributed by atoms with E-state index in [1.807, 2.05) is 7.05 Å². The fourth-order valence-electron chi connectivity index (χ4n) is 2.33. The van der Waals surface area contributed by atoms with Crippen molar-refractivity contribution in [3.05, 3.63) is 42.5 Å². The van der Waals surface area contributed by atoms with Gasteiger partial charge in [-0.3, -0.25) is 0 Å². The van der Waals surface area contributed by atoms with Crippen LogP contribution < -0.4 is 10.1 Å². The summed E-state index contributed by atoms with van der Waals surface area (Å²) >= 11 is 0. The minimum atomic E-state index is 0.611. The summed E-state index contributed by atoms with van der Waals surface area (Å²) in [6, 6.07) is 15.3. The van der Waals surface area contributed by atoms with E-state index in [2.05, 4.69) is 54.7 Å². The molecule has 0 fully saturated rings. The van der Waals surface area contributed by atoms with Crippen molar-refractivity contribution in [2.75, 3.05) is 13.7 Å². The van der Waals surface area contributed by atoms with Crippen molar-refractivity contribution in [3.63, 3.8) is 0 Å². The van der Waals surface area contributed by atoms with Gasteiger partial charge in [0.25, 0.3) is 0 Å². The Hall–Kier alpha value is -1.54. The largest absolute Gasteiger partial charge is 0.494 e. The first kappa shape index (κ1) is 13.9. The lowest BCUT2D eigenvalue weighted by molar-refractivity contribution is 0.297. The quantitative estimate of drug-likeness (QED) is 0.757. The maximum atomic E-state index is 5.83. The van der Waals surface area contributed by atoms with Crippen LogP contribution in [0, 0.1) is 0 Å². The van der Waals surface area contributed by atoms with Crippen LogP contribution in [0.3, 0.4) is 0 Å². The van der Waals surface area contributed by atoms with Gasteiger partial charge < -0.3 is 10.1 Å². The van der Waals surface area contributed by atoms with Gasteiger partial charge in [0, 0.05) is 6.04 Å². The van der Waals surface area contributed by atoms with Crippen molar-refractivity contribution in [1.82, 2.24) is 5.32 Å². The molecule has 0 radical (unpaired) electrons. The van der Waals surface area contributed by atoms with Gasteiger partial charge in [0.1, 0.15) is 5.75 Å². The Kier molecular flexibility index (Phi) is 5.22. The van der Waals surface area contributed by atoms with Gasteiger partial charge in [0.2, 0.25) is 0 Å². The van der Waals surface area contributed by atoms with E-state index in [9.17, 15) is 0 Å². The van der Waals surface area contributed by atoms with Gasteiger partial charge in [-0.1, -0.05) is 37.3 Å². The highest BCUT2D eigenvalue weighted by Gasteiger charge is 2.02. The molecule has 0 aromatic heterocycles. The zero-order valence-corrected chi connectivity index (χ0v) is 11.9. The van der Waals surface area contributed by atoms with Gasteiger partial charge in [-0.05, 0) is 49.2 Å². The normalized spacial score (nSPS) is 12.5. The van der Waals surface area contributed by atoms with Crippen LogP contribution in [0.5, 0.6) is 5.75 Å². The maximum absolute atomic E-state index is 5.83. The van der Waals surface area contributed by atoms with E-state index in [-0.39, 0.29) is 0 Å². The van der Waals surface area contributed by atoms with Gasteiger partial charge in [0.05, 0.1) is 6.61 Å². The molecule has 2 nitrogen and oxygen atoms in total. The lowest BCUT2D eigenvalue weighted by Crippen LogP contribution is -2.24. The second-order valence-electron chi connectivity index (χ2n) is 4.89. The molecular formula is C17H23NO. The third-order valence-electron chi connectivity index (χ3n) is 3.59. The fourth-order valence-corrected chi connectivity index (χ4v) is 2.33. The predicted octanol–water partition coefficient (Wildman–Crippen LogP) is 4.00. The van der Waals surface area contributed by atoms with E-state index in [0.717, 1.165) is 18.8 Å².